The first kappa shape index (κ1) is 24.0. The van der Waals surface area contributed by atoms with Crippen LogP contribution < -0.4 is 4.90 Å². The molecule has 2 heterocycles. The molecule has 180 valence electrons. The normalized spacial score (nSPS) is 15.8. The van der Waals surface area contributed by atoms with Gasteiger partial charge in [0, 0.05) is 36.8 Å². The molecule has 4 rings (SSSR count). The number of anilines is 1. The van der Waals surface area contributed by atoms with E-state index in [1.54, 1.807) is 64.3 Å². The standard InChI is InChI=1S/C28H28N2O5/c1-16(2)25(31)23-24(20-8-6-7-9-21(20)27(33)29(4)5)30(28(34)26(23)32)19-13-11-18(12-14-19)22-15-10-17(3)35-22/h6-16,24,32H,1-5H3. The Morgan fingerprint density at radius 2 is 1.66 bits per heavy atom. The number of nitrogens with zero attached hydrogens (tertiary/aromatic N) is 2. The highest BCUT2D eigenvalue weighted by atomic mass is 16.3. The zero-order valence-corrected chi connectivity index (χ0v) is 20.4. The number of benzene rings is 2. The molecule has 7 heteroatoms. The van der Waals surface area contributed by atoms with Crippen LogP contribution in [-0.4, -0.2) is 41.7 Å². The molecule has 3 aromatic rings. The number of carbonyl (C=O) groups excluding carboxylic acids is 3. The second-order valence-electron chi connectivity index (χ2n) is 9.10. The topological polar surface area (TPSA) is 91.1 Å². The first-order valence-corrected chi connectivity index (χ1v) is 11.4. The van der Waals surface area contributed by atoms with Crippen molar-refractivity contribution in [1.29, 1.82) is 0 Å². The van der Waals surface area contributed by atoms with Gasteiger partial charge >= 0.3 is 0 Å². The molecule has 0 saturated carbocycles. The van der Waals surface area contributed by atoms with E-state index in [2.05, 4.69) is 0 Å². The van der Waals surface area contributed by atoms with E-state index >= 15 is 0 Å². The molecular formula is C28H28N2O5. The van der Waals surface area contributed by atoms with Crippen molar-refractivity contribution in [3.63, 3.8) is 0 Å². The summed E-state index contributed by atoms with van der Waals surface area (Å²) in [6, 6.07) is 16.8. The number of rotatable bonds is 6. The highest BCUT2D eigenvalue weighted by Gasteiger charge is 2.46. The molecule has 0 spiro atoms. The Bertz CT molecular complexity index is 1330. The van der Waals surface area contributed by atoms with Crippen LogP contribution >= 0.6 is 0 Å². The summed E-state index contributed by atoms with van der Waals surface area (Å²) in [7, 11) is 3.28. The molecule has 0 radical (unpaired) electrons. The molecule has 1 N–H and O–H groups in total. The third-order valence-corrected chi connectivity index (χ3v) is 6.06. The molecule has 2 amide bonds. The summed E-state index contributed by atoms with van der Waals surface area (Å²) in [5, 5.41) is 10.9. The van der Waals surface area contributed by atoms with Crippen LogP contribution in [0.25, 0.3) is 11.3 Å². The minimum Gasteiger partial charge on any atom is -0.503 e. The van der Waals surface area contributed by atoms with Gasteiger partial charge in [-0.3, -0.25) is 19.3 Å². The molecule has 7 nitrogen and oxygen atoms in total. The van der Waals surface area contributed by atoms with Crippen molar-refractivity contribution in [2.24, 2.45) is 5.92 Å². The summed E-state index contributed by atoms with van der Waals surface area (Å²) in [5.74, 6) is -0.871. The van der Waals surface area contributed by atoms with Gasteiger partial charge in [-0.25, -0.2) is 0 Å². The predicted molar refractivity (Wildman–Crippen MR) is 133 cm³/mol. The third kappa shape index (κ3) is 4.25. The van der Waals surface area contributed by atoms with E-state index < -0.39 is 23.6 Å². The average Bonchev–Trinajstić information content (AvgIpc) is 3.39. The molecule has 0 bridgehead atoms. The quantitative estimate of drug-likeness (QED) is 0.540. The number of aliphatic hydroxyl groups excluding tert-OH is 1. The minimum absolute atomic E-state index is 0.00487. The summed E-state index contributed by atoms with van der Waals surface area (Å²) in [4.78, 5) is 42.4. The molecule has 35 heavy (non-hydrogen) atoms. The molecule has 2 aromatic carbocycles. The first-order valence-electron chi connectivity index (χ1n) is 11.4. The van der Waals surface area contributed by atoms with E-state index in [0.717, 1.165) is 11.3 Å². The van der Waals surface area contributed by atoms with E-state index in [1.807, 2.05) is 31.2 Å². The molecule has 1 unspecified atom stereocenters. The van der Waals surface area contributed by atoms with Gasteiger partial charge in [0.25, 0.3) is 11.8 Å². The lowest BCUT2D eigenvalue weighted by Crippen LogP contribution is -2.33. The van der Waals surface area contributed by atoms with Crippen LogP contribution in [0.4, 0.5) is 5.69 Å². The summed E-state index contributed by atoms with van der Waals surface area (Å²) >= 11 is 0. The summed E-state index contributed by atoms with van der Waals surface area (Å²) < 4.78 is 5.69. The second kappa shape index (κ2) is 9.25. The van der Waals surface area contributed by atoms with Gasteiger partial charge < -0.3 is 14.4 Å². The number of hydrogen-bond acceptors (Lipinski definition) is 5. The molecule has 0 saturated heterocycles. The SMILES string of the molecule is Cc1ccc(-c2ccc(N3C(=O)C(O)=C(C(=O)C(C)C)C3c3ccccc3C(=O)N(C)C)cc2)o1. The van der Waals surface area contributed by atoms with E-state index in [0.29, 0.717) is 22.6 Å². The van der Waals surface area contributed by atoms with Crippen molar-refractivity contribution in [1.82, 2.24) is 4.90 Å². The Morgan fingerprint density at radius 3 is 2.23 bits per heavy atom. The van der Waals surface area contributed by atoms with E-state index in [9.17, 15) is 19.5 Å². The maximum Gasteiger partial charge on any atom is 0.294 e. The van der Waals surface area contributed by atoms with Crippen molar-refractivity contribution in [2.75, 3.05) is 19.0 Å². The zero-order valence-electron chi connectivity index (χ0n) is 20.4. The Morgan fingerprint density at radius 1 is 1.00 bits per heavy atom. The van der Waals surface area contributed by atoms with Crippen molar-refractivity contribution >= 4 is 23.3 Å². The number of carbonyl (C=O) groups is 3. The monoisotopic (exact) mass is 472 g/mol. The molecule has 1 aliphatic heterocycles. The number of hydrogen-bond donors (Lipinski definition) is 1. The van der Waals surface area contributed by atoms with Crippen molar-refractivity contribution in [3.05, 3.63) is 88.9 Å². The van der Waals surface area contributed by atoms with Crippen LogP contribution in [0.1, 0.15) is 41.6 Å². The summed E-state index contributed by atoms with van der Waals surface area (Å²) in [6.07, 6.45) is 0. The maximum atomic E-state index is 13.4. The lowest BCUT2D eigenvalue weighted by Gasteiger charge is -2.29. The molecule has 1 atom stereocenters. The van der Waals surface area contributed by atoms with Gasteiger partial charge in [-0.1, -0.05) is 32.0 Å². The maximum absolute atomic E-state index is 13.4. The van der Waals surface area contributed by atoms with Gasteiger partial charge in [-0.2, -0.15) is 0 Å². The second-order valence-corrected chi connectivity index (χ2v) is 9.10. The van der Waals surface area contributed by atoms with Gasteiger partial charge in [-0.15, -0.1) is 0 Å². The van der Waals surface area contributed by atoms with Crippen LogP contribution in [0.15, 0.2) is 76.4 Å². The van der Waals surface area contributed by atoms with Crippen LogP contribution in [0.3, 0.4) is 0 Å². The highest BCUT2D eigenvalue weighted by Crippen LogP contribution is 2.43. The van der Waals surface area contributed by atoms with Gasteiger partial charge in [0.05, 0.1) is 11.6 Å². The third-order valence-electron chi connectivity index (χ3n) is 6.06. The average molecular weight is 473 g/mol. The van der Waals surface area contributed by atoms with Crippen molar-refractivity contribution < 1.29 is 23.9 Å². The van der Waals surface area contributed by atoms with Crippen LogP contribution in [0.5, 0.6) is 0 Å². The fourth-order valence-electron chi connectivity index (χ4n) is 4.28. The fraction of sp³-hybridized carbons (Fsp3) is 0.250. The highest BCUT2D eigenvalue weighted by molar-refractivity contribution is 6.17. The Hall–Kier alpha value is -4.13. The smallest absolute Gasteiger partial charge is 0.294 e. The Labute approximate surface area is 204 Å². The van der Waals surface area contributed by atoms with Gasteiger partial charge in [-0.05, 0) is 55.0 Å². The number of ketones is 1. The predicted octanol–water partition coefficient (Wildman–Crippen LogP) is 5.08. The van der Waals surface area contributed by atoms with Crippen LogP contribution in [0, 0.1) is 12.8 Å². The van der Waals surface area contributed by atoms with Gasteiger partial charge in [0.2, 0.25) is 0 Å². The van der Waals surface area contributed by atoms with E-state index in [1.165, 1.54) is 9.80 Å². The zero-order chi connectivity index (χ0) is 25.4. The summed E-state index contributed by atoms with van der Waals surface area (Å²) in [6.45, 7) is 5.28. The van der Waals surface area contributed by atoms with Gasteiger partial charge in [0.1, 0.15) is 11.5 Å². The van der Waals surface area contributed by atoms with Crippen molar-refractivity contribution in [2.45, 2.75) is 26.8 Å². The lowest BCUT2D eigenvalue weighted by atomic mass is 9.88. The fourth-order valence-corrected chi connectivity index (χ4v) is 4.28. The number of furan rings is 1. The Kier molecular flexibility index (Phi) is 6.35. The number of Topliss-reactive ketones (excluding diaryl/α,β-unsaturated/α-hetero) is 1. The van der Waals surface area contributed by atoms with Crippen LogP contribution in [-0.2, 0) is 9.59 Å². The van der Waals surface area contributed by atoms with Crippen molar-refractivity contribution in [3.8, 4) is 11.3 Å². The van der Waals surface area contributed by atoms with Crippen LogP contribution in [0.2, 0.25) is 0 Å². The Balaban J connectivity index is 1.87. The van der Waals surface area contributed by atoms with E-state index in [4.69, 9.17) is 4.42 Å². The van der Waals surface area contributed by atoms with E-state index in [-0.39, 0.29) is 17.3 Å². The molecule has 0 aliphatic carbocycles. The number of amides is 2. The summed E-state index contributed by atoms with van der Waals surface area (Å²) in [5.41, 5.74) is 2.13. The largest absolute Gasteiger partial charge is 0.503 e. The molecule has 1 aromatic heterocycles. The number of aryl methyl sites for hydroxylation is 1. The molecule has 1 aliphatic rings. The van der Waals surface area contributed by atoms with Gasteiger partial charge in [0.15, 0.2) is 11.5 Å². The molecular weight excluding hydrogens is 444 g/mol. The molecule has 0 fully saturated rings. The lowest BCUT2D eigenvalue weighted by molar-refractivity contribution is -0.119. The minimum atomic E-state index is -0.950. The first-order chi connectivity index (χ1) is 16.6. The number of aliphatic hydroxyl groups is 1.